The second-order valence-corrected chi connectivity index (χ2v) is 8.64. The highest BCUT2D eigenvalue weighted by atomic mass is 19.2. The van der Waals surface area contributed by atoms with E-state index < -0.39 is 37.7 Å². The molecule has 190 valence electrons. The number of benzene rings is 2. The molecule has 4 nitrogen and oxygen atoms in total. The summed E-state index contributed by atoms with van der Waals surface area (Å²) in [5, 5.41) is 0. The summed E-state index contributed by atoms with van der Waals surface area (Å²) >= 11 is 0. The molecule has 1 aliphatic carbocycles. The summed E-state index contributed by atoms with van der Waals surface area (Å²) in [6.45, 7) is 2.89. The first kappa shape index (κ1) is 26.8. The van der Waals surface area contributed by atoms with E-state index in [1.165, 1.54) is 0 Å². The number of aryl methyl sites for hydroxylation is 1. The zero-order valence-corrected chi connectivity index (χ0v) is 20.3. The van der Waals surface area contributed by atoms with Crippen molar-refractivity contribution >= 4 is 11.5 Å². The molecule has 0 N–H and O–H groups in total. The molecule has 7 heteroatoms. The number of rotatable bonds is 13. The Bertz CT molecular complexity index is 993. The lowest BCUT2D eigenvalue weighted by atomic mass is 9.86. The molecule has 0 radical (unpaired) electrons. The maximum Gasteiger partial charge on any atom is 0.334 e. The number of alkyl halides is 3. The van der Waals surface area contributed by atoms with Crippen LogP contribution in [0.25, 0.3) is 5.57 Å². The van der Waals surface area contributed by atoms with Crippen LogP contribution in [0.1, 0.15) is 49.8 Å². The third kappa shape index (κ3) is 7.59. The van der Waals surface area contributed by atoms with Crippen molar-refractivity contribution in [3.05, 3.63) is 70.8 Å². The highest BCUT2D eigenvalue weighted by Gasteiger charge is 2.27. The minimum Gasteiger partial charge on any atom is -0.489 e. The Labute approximate surface area is 205 Å². The molecule has 0 amide bonds. The third-order valence-electron chi connectivity index (χ3n) is 6.18. The van der Waals surface area contributed by atoms with Crippen molar-refractivity contribution < 1.29 is 32.2 Å². The first-order valence-corrected chi connectivity index (χ1v) is 12.1. The van der Waals surface area contributed by atoms with Gasteiger partial charge in [-0.15, -0.1) is 0 Å². The van der Waals surface area contributed by atoms with Gasteiger partial charge in [-0.1, -0.05) is 36.4 Å². The standard InChI is InChI=1S/C28H33F3O4/c1-3-33-23(16-29)11-14-26(30)27(31)18-35-28(32)25-12-9-21-15-22(10-13-24(21)19(25)2)34-17-20-7-5-4-6-8-20/h4-8,10,13,15,23,26-27H,3,9,11-12,14,16-18H2,1-2H3. The smallest absolute Gasteiger partial charge is 0.334 e. The van der Waals surface area contributed by atoms with Crippen molar-refractivity contribution in [3.8, 4) is 5.75 Å². The van der Waals surface area contributed by atoms with Gasteiger partial charge in [-0.3, -0.25) is 0 Å². The van der Waals surface area contributed by atoms with E-state index in [4.69, 9.17) is 14.2 Å². The Morgan fingerprint density at radius 2 is 1.80 bits per heavy atom. The second kappa shape index (κ2) is 13.3. The van der Waals surface area contributed by atoms with Crippen LogP contribution in [-0.2, 0) is 27.3 Å². The Kier molecular flexibility index (Phi) is 10.2. The van der Waals surface area contributed by atoms with E-state index in [9.17, 15) is 18.0 Å². The highest BCUT2D eigenvalue weighted by Crippen LogP contribution is 2.34. The maximum atomic E-state index is 14.2. The minimum atomic E-state index is -1.97. The average Bonchev–Trinajstić information content (AvgIpc) is 2.88. The van der Waals surface area contributed by atoms with Gasteiger partial charge in [0.25, 0.3) is 0 Å². The van der Waals surface area contributed by atoms with Gasteiger partial charge in [0, 0.05) is 12.2 Å². The van der Waals surface area contributed by atoms with E-state index in [1.54, 1.807) is 6.92 Å². The summed E-state index contributed by atoms with van der Waals surface area (Å²) < 4.78 is 57.3. The van der Waals surface area contributed by atoms with Crippen LogP contribution in [0.4, 0.5) is 13.2 Å². The number of esters is 1. The van der Waals surface area contributed by atoms with Crippen LogP contribution in [0, 0.1) is 0 Å². The molecule has 3 unspecified atom stereocenters. The van der Waals surface area contributed by atoms with Gasteiger partial charge < -0.3 is 14.2 Å². The van der Waals surface area contributed by atoms with E-state index in [1.807, 2.05) is 55.5 Å². The highest BCUT2D eigenvalue weighted by molar-refractivity contribution is 5.98. The van der Waals surface area contributed by atoms with Crippen molar-refractivity contribution in [2.45, 2.75) is 64.6 Å². The Hall–Kier alpha value is -2.80. The van der Waals surface area contributed by atoms with Crippen LogP contribution in [-0.4, -0.2) is 44.3 Å². The van der Waals surface area contributed by atoms with Crippen LogP contribution in [0.3, 0.4) is 0 Å². The van der Waals surface area contributed by atoms with E-state index in [2.05, 4.69) is 0 Å². The first-order valence-electron chi connectivity index (χ1n) is 12.1. The maximum absolute atomic E-state index is 14.2. The molecule has 3 rings (SSSR count). The zero-order valence-electron chi connectivity index (χ0n) is 20.3. The summed E-state index contributed by atoms with van der Waals surface area (Å²) in [6.07, 6.45) is -3.63. The molecule has 0 saturated carbocycles. The lowest BCUT2D eigenvalue weighted by molar-refractivity contribution is -0.141. The van der Waals surface area contributed by atoms with Crippen LogP contribution in [0.15, 0.2) is 54.1 Å². The third-order valence-corrected chi connectivity index (χ3v) is 6.18. The molecular weight excluding hydrogens is 457 g/mol. The zero-order chi connectivity index (χ0) is 25.2. The van der Waals surface area contributed by atoms with Gasteiger partial charge in [-0.25, -0.2) is 18.0 Å². The number of ether oxygens (including phenoxy) is 3. The van der Waals surface area contributed by atoms with Crippen molar-refractivity contribution in [1.82, 2.24) is 0 Å². The molecule has 0 aliphatic heterocycles. The Balaban J connectivity index is 1.54. The number of hydrogen-bond donors (Lipinski definition) is 0. The molecule has 3 atom stereocenters. The van der Waals surface area contributed by atoms with Gasteiger partial charge in [-0.2, -0.15) is 0 Å². The number of hydrogen-bond acceptors (Lipinski definition) is 4. The molecular formula is C28H33F3O4. The van der Waals surface area contributed by atoms with Gasteiger partial charge in [0.1, 0.15) is 31.8 Å². The number of allylic oxidation sites excluding steroid dienone is 1. The summed E-state index contributed by atoms with van der Waals surface area (Å²) in [6, 6.07) is 15.6. The largest absolute Gasteiger partial charge is 0.489 e. The van der Waals surface area contributed by atoms with Gasteiger partial charge in [-0.05, 0) is 73.9 Å². The monoisotopic (exact) mass is 490 g/mol. The summed E-state index contributed by atoms with van der Waals surface area (Å²) in [5.41, 5.74) is 4.29. The van der Waals surface area contributed by atoms with Crippen molar-refractivity contribution in [2.75, 3.05) is 19.9 Å². The molecule has 0 heterocycles. The van der Waals surface area contributed by atoms with Gasteiger partial charge in [0.2, 0.25) is 0 Å². The Morgan fingerprint density at radius 1 is 1.03 bits per heavy atom. The quantitative estimate of drug-likeness (QED) is 0.307. The van der Waals surface area contributed by atoms with E-state index in [0.29, 0.717) is 31.6 Å². The lowest BCUT2D eigenvalue weighted by Crippen LogP contribution is -2.27. The molecule has 2 aromatic carbocycles. The fourth-order valence-corrected chi connectivity index (χ4v) is 4.15. The molecule has 1 aliphatic rings. The molecule has 0 aromatic heterocycles. The summed E-state index contributed by atoms with van der Waals surface area (Å²) in [5.74, 6) is 0.114. The van der Waals surface area contributed by atoms with Crippen LogP contribution >= 0.6 is 0 Å². The summed E-state index contributed by atoms with van der Waals surface area (Å²) in [4.78, 5) is 12.6. The fraction of sp³-hybridized carbons (Fsp3) is 0.464. The van der Waals surface area contributed by atoms with Crippen LogP contribution in [0.5, 0.6) is 5.75 Å². The predicted molar refractivity (Wildman–Crippen MR) is 130 cm³/mol. The van der Waals surface area contributed by atoms with E-state index >= 15 is 0 Å². The molecule has 35 heavy (non-hydrogen) atoms. The molecule has 0 spiro atoms. The second-order valence-electron chi connectivity index (χ2n) is 8.64. The molecule has 2 aromatic rings. The molecule has 0 saturated heterocycles. The van der Waals surface area contributed by atoms with Crippen LogP contribution < -0.4 is 4.74 Å². The average molecular weight is 491 g/mol. The minimum absolute atomic E-state index is 0.0674. The van der Waals surface area contributed by atoms with Crippen molar-refractivity contribution in [2.24, 2.45) is 0 Å². The fourth-order valence-electron chi connectivity index (χ4n) is 4.15. The van der Waals surface area contributed by atoms with E-state index in [-0.39, 0.29) is 12.8 Å². The molecule has 0 bridgehead atoms. The molecule has 0 fully saturated rings. The van der Waals surface area contributed by atoms with E-state index in [0.717, 1.165) is 28.0 Å². The number of carbonyl (C=O) groups is 1. The van der Waals surface area contributed by atoms with Crippen LogP contribution in [0.2, 0.25) is 0 Å². The lowest BCUT2D eigenvalue weighted by Gasteiger charge is -2.22. The van der Waals surface area contributed by atoms with Gasteiger partial charge in [0.15, 0.2) is 6.17 Å². The Morgan fingerprint density at radius 3 is 2.51 bits per heavy atom. The normalized spacial score (nSPS) is 15.8. The number of fused-ring (bicyclic) bond motifs is 1. The van der Waals surface area contributed by atoms with Crippen molar-refractivity contribution in [3.63, 3.8) is 0 Å². The topological polar surface area (TPSA) is 44.8 Å². The SMILES string of the molecule is CCOC(CF)CCC(F)C(F)COC(=O)C1=C(C)c2ccc(OCc3ccccc3)cc2CC1. The summed E-state index contributed by atoms with van der Waals surface area (Å²) in [7, 11) is 0. The van der Waals surface area contributed by atoms with Gasteiger partial charge in [0.05, 0.1) is 6.10 Å². The number of carbonyl (C=O) groups excluding carboxylic acids is 1. The predicted octanol–water partition coefficient (Wildman–Crippen LogP) is 6.36. The number of halogens is 3. The van der Waals surface area contributed by atoms with Crippen molar-refractivity contribution in [1.29, 1.82) is 0 Å². The first-order chi connectivity index (χ1) is 16.9. The van der Waals surface area contributed by atoms with Gasteiger partial charge >= 0.3 is 5.97 Å².